The highest BCUT2D eigenvalue weighted by atomic mass is 17.0. The summed E-state index contributed by atoms with van der Waals surface area (Å²) in [6.07, 6.45) is 0. The smallest absolute Gasteiger partial charge is 0.294 e. The topological polar surface area (TPSA) is 126 Å². The van der Waals surface area contributed by atoms with Gasteiger partial charge in [0.1, 0.15) is 25.4 Å². The van der Waals surface area contributed by atoms with Gasteiger partial charge in [-0.05, 0) is 12.1 Å². The molecular weight excluding hydrogens is 286 g/mol. The summed E-state index contributed by atoms with van der Waals surface area (Å²) in [6.45, 7) is -1.10. The van der Waals surface area contributed by atoms with Crippen LogP contribution in [-0.2, 0) is 14.4 Å². The summed E-state index contributed by atoms with van der Waals surface area (Å²) in [7, 11) is 0. The largest absolute Gasteiger partial charge is 0.475 e. The van der Waals surface area contributed by atoms with Gasteiger partial charge in [-0.25, -0.2) is 4.99 Å². The van der Waals surface area contributed by atoms with Crippen molar-refractivity contribution in [2.75, 3.05) is 19.8 Å². The predicted molar refractivity (Wildman–Crippen MR) is 67.6 cm³/mol. The minimum atomic E-state index is -1.33. The van der Waals surface area contributed by atoms with Crippen molar-refractivity contribution < 1.29 is 24.6 Å². The molecule has 1 heterocycles. The summed E-state index contributed by atoms with van der Waals surface area (Å²) in [6, 6.07) is 8.80. The van der Waals surface area contributed by atoms with Crippen LogP contribution in [-0.4, -0.2) is 41.4 Å². The van der Waals surface area contributed by atoms with Gasteiger partial charge in [0.05, 0.1) is 0 Å². The molecule has 0 amide bonds. The Morgan fingerprint density at radius 2 is 1.71 bits per heavy atom. The van der Waals surface area contributed by atoms with Crippen LogP contribution in [0.15, 0.2) is 35.3 Å². The van der Waals surface area contributed by atoms with Gasteiger partial charge in [-0.3, -0.25) is 0 Å². The van der Waals surface area contributed by atoms with Gasteiger partial charge in [0.15, 0.2) is 0 Å². The lowest BCUT2D eigenvalue weighted by Crippen LogP contribution is -2.41. The third kappa shape index (κ3) is 3.78. The molecule has 0 aromatic heterocycles. The van der Waals surface area contributed by atoms with E-state index in [2.05, 4.69) is 14.7 Å². The van der Waals surface area contributed by atoms with Gasteiger partial charge >= 0.3 is 0 Å². The molecule has 0 N–H and O–H groups in total. The molecule has 1 aliphatic rings. The van der Waals surface area contributed by atoms with Crippen LogP contribution in [0.4, 0.5) is 0 Å². The van der Waals surface area contributed by atoms with Gasteiger partial charge in [0.2, 0.25) is 5.90 Å². The molecule has 0 aliphatic carbocycles. The fourth-order valence-electron chi connectivity index (χ4n) is 1.75. The highest BCUT2D eigenvalue weighted by Gasteiger charge is 2.40. The van der Waals surface area contributed by atoms with Crippen LogP contribution in [0.5, 0.6) is 0 Å². The summed E-state index contributed by atoms with van der Waals surface area (Å²) in [5, 5.41) is 18.6. The lowest BCUT2D eigenvalue weighted by Gasteiger charge is -2.20. The second-order valence-electron chi connectivity index (χ2n) is 4.29. The van der Waals surface area contributed by atoms with Crippen LogP contribution in [0.3, 0.4) is 0 Å². The highest BCUT2D eigenvalue weighted by Crippen LogP contribution is 2.23. The first-order chi connectivity index (χ1) is 10.0. The molecule has 0 saturated heterocycles. The first kappa shape index (κ1) is 14.5. The van der Waals surface area contributed by atoms with Crippen LogP contribution in [0.25, 0.3) is 0 Å². The SMILES string of the molecule is O=[N+]([O-])OCC1(CO[N+](=O)[O-])COC(c2ccccc2)=N1. The van der Waals surface area contributed by atoms with Crippen LogP contribution in [0, 0.1) is 20.2 Å². The lowest BCUT2D eigenvalue weighted by molar-refractivity contribution is -0.768. The van der Waals surface area contributed by atoms with Crippen molar-refractivity contribution in [1.29, 1.82) is 0 Å². The Bertz CT molecular complexity index is 542. The first-order valence-corrected chi connectivity index (χ1v) is 5.83. The molecule has 1 aliphatic heterocycles. The molecule has 1 aromatic carbocycles. The maximum absolute atomic E-state index is 10.3. The fourth-order valence-corrected chi connectivity index (χ4v) is 1.75. The Labute approximate surface area is 118 Å². The highest BCUT2D eigenvalue weighted by molar-refractivity contribution is 5.95. The van der Waals surface area contributed by atoms with Crippen LogP contribution >= 0.6 is 0 Å². The molecule has 0 atom stereocenters. The quantitative estimate of drug-likeness (QED) is 0.533. The van der Waals surface area contributed by atoms with Crippen molar-refractivity contribution in [3.05, 3.63) is 56.1 Å². The van der Waals surface area contributed by atoms with E-state index in [-0.39, 0.29) is 12.5 Å². The van der Waals surface area contributed by atoms with E-state index >= 15 is 0 Å². The normalized spacial score (nSPS) is 15.7. The third-order valence-electron chi connectivity index (χ3n) is 2.71. The average molecular weight is 297 g/mol. The van der Waals surface area contributed by atoms with E-state index in [9.17, 15) is 20.2 Å². The molecule has 0 unspecified atom stereocenters. The first-order valence-electron chi connectivity index (χ1n) is 5.83. The Kier molecular flexibility index (Phi) is 4.16. The second kappa shape index (κ2) is 6.03. The summed E-state index contributed by atoms with van der Waals surface area (Å²) >= 11 is 0. The fraction of sp³-hybridized carbons (Fsp3) is 0.364. The molecule has 10 heteroatoms. The molecule has 112 valence electrons. The van der Waals surface area contributed by atoms with E-state index in [4.69, 9.17) is 4.74 Å². The van der Waals surface area contributed by atoms with Crippen molar-refractivity contribution in [2.45, 2.75) is 5.54 Å². The number of nitrogens with zero attached hydrogens (tertiary/aromatic N) is 3. The zero-order valence-corrected chi connectivity index (χ0v) is 10.7. The summed E-state index contributed by atoms with van der Waals surface area (Å²) < 4.78 is 5.36. The minimum absolute atomic E-state index is 0.112. The molecule has 21 heavy (non-hydrogen) atoms. The van der Waals surface area contributed by atoms with Crippen molar-refractivity contribution >= 4 is 5.90 Å². The second-order valence-corrected chi connectivity index (χ2v) is 4.29. The van der Waals surface area contributed by atoms with Gasteiger partial charge in [-0.2, -0.15) is 0 Å². The number of aliphatic imine (C=N–C) groups is 1. The van der Waals surface area contributed by atoms with E-state index in [0.29, 0.717) is 5.56 Å². The maximum Gasteiger partial charge on any atom is 0.294 e. The Morgan fingerprint density at radius 1 is 1.14 bits per heavy atom. The maximum atomic E-state index is 10.3. The zero-order chi connectivity index (χ0) is 15.3. The Balaban J connectivity index is 2.18. The molecule has 2 rings (SSSR count). The molecule has 10 nitrogen and oxygen atoms in total. The van der Waals surface area contributed by atoms with Gasteiger partial charge in [0, 0.05) is 5.56 Å². The summed E-state index contributed by atoms with van der Waals surface area (Å²) in [5.74, 6) is 0.231. The summed E-state index contributed by atoms with van der Waals surface area (Å²) in [5.41, 5.74) is -0.674. The molecule has 1 aromatic rings. The van der Waals surface area contributed by atoms with E-state index < -0.39 is 28.9 Å². The van der Waals surface area contributed by atoms with Crippen molar-refractivity contribution in [1.82, 2.24) is 0 Å². The van der Waals surface area contributed by atoms with E-state index in [1.807, 2.05) is 0 Å². The van der Waals surface area contributed by atoms with E-state index in [1.54, 1.807) is 30.3 Å². The van der Waals surface area contributed by atoms with Gasteiger partial charge in [-0.1, -0.05) is 18.2 Å². The number of ether oxygens (including phenoxy) is 1. The van der Waals surface area contributed by atoms with E-state index in [0.717, 1.165) is 0 Å². The predicted octanol–water partition coefficient (Wildman–Crippen LogP) is 0.619. The molecule has 0 saturated carbocycles. The Hall–Kier alpha value is -2.91. The number of benzene rings is 1. The molecule has 0 radical (unpaired) electrons. The van der Waals surface area contributed by atoms with Gasteiger partial charge in [-0.15, -0.1) is 20.2 Å². The average Bonchev–Trinajstić information content (AvgIpc) is 2.89. The molecular formula is C11H11N3O7. The van der Waals surface area contributed by atoms with Crippen molar-refractivity contribution in [2.24, 2.45) is 4.99 Å². The molecule has 0 spiro atoms. The van der Waals surface area contributed by atoms with Gasteiger partial charge < -0.3 is 14.4 Å². The third-order valence-corrected chi connectivity index (χ3v) is 2.71. The van der Waals surface area contributed by atoms with E-state index in [1.165, 1.54) is 0 Å². The number of hydrogen-bond donors (Lipinski definition) is 0. The number of rotatable bonds is 7. The molecule has 0 bridgehead atoms. The van der Waals surface area contributed by atoms with Crippen LogP contribution < -0.4 is 0 Å². The van der Waals surface area contributed by atoms with Crippen molar-refractivity contribution in [3.63, 3.8) is 0 Å². The summed E-state index contributed by atoms with van der Waals surface area (Å²) in [4.78, 5) is 33.3. The van der Waals surface area contributed by atoms with Gasteiger partial charge in [0.25, 0.3) is 10.2 Å². The van der Waals surface area contributed by atoms with Crippen molar-refractivity contribution in [3.8, 4) is 0 Å². The molecule has 0 fully saturated rings. The Morgan fingerprint density at radius 3 is 2.24 bits per heavy atom. The minimum Gasteiger partial charge on any atom is -0.475 e. The monoisotopic (exact) mass is 297 g/mol. The van der Waals surface area contributed by atoms with Crippen LogP contribution in [0.1, 0.15) is 5.56 Å². The zero-order valence-electron chi connectivity index (χ0n) is 10.7. The standard InChI is InChI=1S/C11H11N3O7/c15-13(16)20-7-11(8-21-14(17)18)6-19-10(12-11)9-4-2-1-3-5-9/h1-5H,6-8H2. The van der Waals surface area contributed by atoms with Crippen LogP contribution in [0.2, 0.25) is 0 Å². The number of hydrogen-bond acceptors (Lipinski definition) is 8. The lowest BCUT2D eigenvalue weighted by atomic mass is 10.1.